The third-order valence-corrected chi connectivity index (χ3v) is 4.73. The maximum Gasteiger partial charge on any atom is 0.245 e. The van der Waals surface area contributed by atoms with Gasteiger partial charge in [-0.15, -0.1) is 0 Å². The van der Waals surface area contributed by atoms with Gasteiger partial charge in [0.25, 0.3) is 0 Å². The molecule has 5 nitrogen and oxygen atoms in total. The van der Waals surface area contributed by atoms with Gasteiger partial charge in [-0.2, -0.15) is 0 Å². The summed E-state index contributed by atoms with van der Waals surface area (Å²) >= 11 is 0. The number of piperidine rings is 1. The topological polar surface area (TPSA) is 60.9 Å². The van der Waals surface area contributed by atoms with Gasteiger partial charge in [0.2, 0.25) is 11.8 Å². The fourth-order valence-corrected chi connectivity index (χ4v) is 3.47. The Balaban J connectivity index is 1.67. The second-order valence-electron chi connectivity index (χ2n) is 6.82. The highest BCUT2D eigenvalue weighted by Gasteiger charge is 2.43. The minimum absolute atomic E-state index is 0.0384. The van der Waals surface area contributed by atoms with Gasteiger partial charge < -0.3 is 14.9 Å². The van der Waals surface area contributed by atoms with E-state index >= 15 is 0 Å². The van der Waals surface area contributed by atoms with E-state index in [-0.39, 0.29) is 23.8 Å². The monoisotopic (exact) mass is 280 g/mol. The molecule has 2 amide bonds. The molecule has 2 atom stereocenters. The Labute approximate surface area is 119 Å². The van der Waals surface area contributed by atoms with Crippen LogP contribution >= 0.6 is 0 Å². The lowest BCUT2D eigenvalue weighted by atomic mass is 9.94. The van der Waals surface area contributed by atoms with Gasteiger partial charge in [0, 0.05) is 25.6 Å². The van der Waals surface area contributed by atoms with Crippen molar-refractivity contribution in [2.24, 2.45) is 5.92 Å². The zero-order valence-corrected chi connectivity index (χ0v) is 12.2. The number of rotatable bonds is 2. The Hall–Kier alpha value is -1.10. The van der Waals surface area contributed by atoms with Gasteiger partial charge in [0.15, 0.2) is 0 Å². The van der Waals surface area contributed by atoms with Gasteiger partial charge in [-0.3, -0.25) is 9.59 Å². The number of aliphatic hydroxyl groups is 1. The molecule has 2 heterocycles. The number of hydrogen-bond donors (Lipinski definition) is 1. The van der Waals surface area contributed by atoms with E-state index in [0.29, 0.717) is 13.1 Å². The second kappa shape index (κ2) is 5.02. The fourth-order valence-electron chi connectivity index (χ4n) is 3.47. The maximum atomic E-state index is 12.7. The first kappa shape index (κ1) is 13.9. The predicted octanol–water partition coefficient (Wildman–Crippen LogP) is 0.761. The summed E-state index contributed by atoms with van der Waals surface area (Å²) in [5, 5.41) is 10.1. The first-order valence-corrected chi connectivity index (χ1v) is 7.80. The van der Waals surface area contributed by atoms with Crippen molar-refractivity contribution in [1.82, 2.24) is 9.80 Å². The Morgan fingerprint density at radius 2 is 1.85 bits per heavy atom. The highest BCUT2D eigenvalue weighted by atomic mass is 16.3. The van der Waals surface area contributed by atoms with Crippen LogP contribution in [0, 0.1) is 5.92 Å². The van der Waals surface area contributed by atoms with E-state index in [1.807, 2.05) is 0 Å². The van der Waals surface area contributed by atoms with Crippen molar-refractivity contribution in [3.63, 3.8) is 0 Å². The molecule has 20 heavy (non-hydrogen) atoms. The van der Waals surface area contributed by atoms with Crippen molar-refractivity contribution in [1.29, 1.82) is 0 Å². The Morgan fingerprint density at radius 1 is 1.10 bits per heavy atom. The molecule has 112 valence electrons. The summed E-state index contributed by atoms with van der Waals surface area (Å²) in [6.45, 7) is 3.61. The average molecular weight is 280 g/mol. The van der Waals surface area contributed by atoms with Crippen LogP contribution in [0.15, 0.2) is 0 Å². The molecule has 3 fully saturated rings. The van der Waals surface area contributed by atoms with Crippen molar-refractivity contribution in [2.75, 3.05) is 19.6 Å². The largest absolute Gasteiger partial charge is 0.388 e. The highest BCUT2D eigenvalue weighted by molar-refractivity contribution is 5.90. The lowest BCUT2D eigenvalue weighted by Gasteiger charge is -2.39. The van der Waals surface area contributed by atoms with Crippen molar-refractivity contribution in [2.45, 2.75) is 57.1 Å². The SMILES string of the molecule is CC1(O)CCCN(C(=O)C2CCCN2C(=O)C2CC2)C1. The summed E-state index contributed by atoms with van der Waals surface area (Å²) in [6.07, 6.45) is 5.23. The number of carbonyl (C=O) groups is 2. The minimum Gasteiger partial charge on any atom is -0.388 e. The Morgan fingerprint density at radius 3 is 2.50 bits per heavy atom. The van der Waals surface area contributed by atoms with E-state index in [1.54, 1.807) is 16.7 Å². The highest BCUT2D eigenvalue weighted by Crippen LogP contribution is 2.34. The number of likely N-dealkylation sites (tertiary alicyclic amines) is 2. The molecule has 0 aromatic heterocycles. The van der Waals surface area contributed by atoms with Crippen LogP contribution in [0.25, 0.3) is 0 Å². The lowest BCUT2D eigenvalue weighted by molar-refractivity contribution is -0.148. The number of nitrogens with zero attached hydrogens (tertiary/aromatic N) is 2. The Bertz CT molecular complexity index is 417. The first-order chi connectivity index (χ1) is 9.48. The van der Waals surface area contributed by atoms with E-state index in [4.69, 9.17) is 0 Å². The molecule has 1 aliphatic carbocycles. The molecule has 0 aromatic rings. The standard InChI is InChI=1S/C15H24N2O3/c1-15(20)7-3-8-16(10-15)14(19)12-4-2-9-17(12)13(18)11-5-6-11/h11-12,20H,2-10H2,1H3. The number of amides is 2. The van der Waals surface area contributed by atoms with Crippen LogP contribution in [0.5, 0.6) is 0 Å². The Kier molecular flexibility index (Phi) is 3.48. The van der Waals surface area contributed by atoms with E-state index in [0.717, 1.165) is 45.1 Å². The summed E-state index contributed by atoms with van der Waals surface area (Å²) in [4.78, 5) is 28.5. The van der Waals surface area contributed by atoms with Crippen LogP contribution in [0.3, 0.4) is 0 Å². The van der Waals surface area contributed by atoms with Crippen molar-refractivity contribution < 1.29 is 14.7 Å². The van der Waals surface area contributed by atoms with E-state index < -0.39 is 5.60 Å². The van der Waals surface area contributed by atoms with Gasteiger partial charge in [-0.05, 0) is 45.4 Å². The lowest BCUT2D eigenvalue weighted by Crippen LogP contribution is -2.54. The molecule has 2 unspecified atom stereocenters. The first-order valence-electron chi connectivity index (χ1n) is 7.80. The molecule has 0 radical (unpaired) electrons. The van der Waals surface area contributed by atoms with Gasteiger partial charge in [-0.25, -0.2) is 0 Å². The van der Waals surface area contributed by atoms with E-state index in [2.05, 4.69) is 0 Å². The number of β-amino-alcohol motifs (C(OH)–C–C–N with tert-alkyl or cyclic N) is 1. The van der Waals surface area contributed by atoms with Crippen molar-refractivity contribution in [3.8, 4) is 0 Å². The van der Waals surface area contributed by atoms with Gasteiger partial charge in [-0.1, -0.05) is 0 Å². The summed E-state index contributed by atoms with van der Waals surface area (Å²) in [5.41, 5.74) is -0.780. The molecular formula is C15H24N2O3. The quantitative estimate of drug-likeness (QED) is 0.812. The molecular weight excluding hydrogens is 256 g/mol. The molecule has 5 heteroatoms. The summed E-state index contributed by atoms with van der Waals surface area (Å²) in [6, 6.07) is -0.281. The molecule has 0 bridgehead atoms. The van der Waals surface area contributed by atoms with Gasteiger partial charge in [0.05, 0.1) is 5.60 Å². The zero-order chi connectivity index (χ0) is 14.3. The van der Waals surface area contributed by atoms with Crippen LogP contribution in [-0.4, -0.2) is 58.0 Å². The van der Waals surface area contributed by atoms with Crippen LogP contribution in [-0.2, 0) is 9.59 Å². The summed E-state index contributed by atoms with van der Waals surface area (Å²) in [5.74, 6) is 0.383. The molecule has 2 saturated heterocycles. The number of carbonyl (C=O) groups excluding carboxylic acids is 2. The normalized spacial score (nSPS) is 34.4. The average Bonchev–Trinajstić information content (AvgIpc) is 3.13. The smallest absolute Gasteiger partial charge is 0.245 e. The van der Waals surface area contributed by atoms with Gasteiger partial charge >= 0.3 is 0 Å². The molecule has 3 aliphatic rings. The summed E-state index contributed by atoms with van der Waals surface area (Å²) in [7, 11) is 0. The molecule has 3 rings (SSSR count). The third kappa shape index (κ3) is 2.68. The minimum atomic E-state index is -0.780. The van der Waals surface area contributed by atoms with Crippen LogP contribution in [0.2, 0.25) is 0 Å². The van der Waals surface area contributed by atoms with E-state index in [9.17, 15) is 14.7 Å². The van der Waals surface area contributed by atoms with Crippen LogP contribution in [0.4, 0.5) is 0 Å². The summed E-state index contributed by atoms with van der Waals surface area (Å²) < 4.78 is 0. The zero-order valence-electron chi connectivity index (χ0n) is 12.2. The molecule has 0 aromatic carbocycles. The predicted molar refractivity (Wildman–Crippen MR) is 73.9 cm³/mol. The number of hydrogen-bond acceptors (Lipinski definition) is 3. The van der Waals surface area contributed by atoms with Crippen molar-refractivity contribution in [3.05, 3.63) is 0 Å². The molecule has 2 aliphatic heterocycles. The maximum absolute atomic E-state index is 12.7. The molecule has 1 N–H and O–H groups in total. The fraction of sp³-hybridized carbons (Fsp3) is 0.867. The van der Waals surface area contributed by atoms with Crippen molar-refractivity contribution >= 4 is 11.8 Å². The van der Waals surface area contributed by atoms with Crippen LogP contribution in [0.1, 0.15) is 45.4 Å². The third-order valence-electron chi connectivity index (χ3n) is 4.73. The molecule has 0 spiro atoms. The molecule has 1 saturated carbocycles. The second-order valence-corrected chi connectivity index (χ2v) is 6.82. The van der Waals surface area contributed by atoms with Gasteiger partial charge in [0.1, 0.15) is 6.04 Å². The van der Waals surface area contributed by atoms with E-state index in [1.165, 1.54) is 0 Å². The van der Waals surface area contributed by atoms with Crippen LogP contribution < -0.4 is 0 Å².